The number of rotatable bonds is 2. The van der Waals surface area contributed by atoms with Gasteiger partial charge < -0.3 is 15.2 Å². The summed E-state index contributed by atoms with van der Waals surface area (Å²) < 4.78 is 36.7. The van der Waals surface area contributed by atoms with E-state index in [0.29, 0.717) is 5.41 Å². The molecule has 1 fully saturated rings. The van der Waals surface area contributed by atoms with Crippen molar-refractivity contribution in [3.8, 4) is 0 Å². The Kier molecular flexibility index (Phi) is 5.02. The number of hydrogen-bond acceptors (Lipinski definition) is 3. The Morgan fingerprint density at radius 1 is 1.53 bits per heavy atom. The average molecular weight is 229 g/mol. The number of nitrogens with one attached hydrogen (secondary N) is 1. The Balaban J connectivity index is 0.000000265. The first kappa shape index (κ1) is 14.2. The predicted molar refractivity (Wildman–Crippen MR) is 46.5 cm³/mol. The summed E-state index contributed by atoms with van der Waals surface area (Å²) in [6.45, 7) is 5.34. The second-order valence-corrected chi connectivity index (χ2v) is 3.65. The van der Waals surface area contributed by atoms with Gasteiger partial charge in [0.05, 0.1) is 6.61 Å². The number of hydrogen-bond donors (Lipinski definition) is 2. The molecule has 0 aromatic carbocycles. The van der Waals surface area contributed by atoms with Crippen LogP contribution in [-0.2, 0) is 9.53 Å². The highest BCUT2D eigenvalue weighted by molar-refractivity contribution is 5.73. The van der Waals surface area contributed by atoms with Crippen LogP contribution < -0.4 is 5.32 Å². The second kappa shape index (κ2) is 5.32. The number of carboxylic acid groups (broad SMARTS) is 1. The standard InChI is InChI=1S/C6H13NO.C2HF3O2/c1-6(5-8-2)3-7-4-6;3-2(4,5)1(6)7/h7H,3-5H2,1-2H3;(H,6,7). The molecular weight excluding hydrogens is 215 g/mol. The van der Waals surface area contributed by atoms with Gasteiger partial charge in [0, 0.05) is 25.6 Å². The van der Waals surface area contributed by atoms with E-state index in [2.05, 4.69) is 12.2 Å². The third kappa shape index (κ3) is 5.58. The molecule has 1 aliphatic rings. The molecule has 90 valence electrons. The maximum absolute atomic E-state index is 10.6. The minimum absolute atomic E-state index is 0.439. The predicted octanol–water partition coefficient (Wildman–Crippen LogP) is 0.876. The lowest BCUT2D eigenvalue weighted by molar-refractivity contribution is -0.192. The summed E-state index contributed by atoms with van der Waals surface area (Å²) in [7, 11) is 1.75. The molecule has 1 heterocycles. The van der Waals surface area contributed by atoms with E-state index >= 15 is 0 Å². The van der Waals surface area contributed by atoms with Crippen LogP contribution in [0.3, 0.4) is 0 Å². The first-order chi connectivity index (χ1) is 6.71. The molecule has 1 aliphatic heterocycles. The summed E-state index contributed by atoms with van der Waals surface area (Å²) in [5, 5.41) is 10.3. The Morgan fingerprint density at radius 3 is 2.00 bits per heavy atom. The van der Waals surface area contributed by atoms with E-state index in [1.807, 2.05) is 0 Å². The van der Waals surface area contributed by atoms with Crippen LogP contribution in [0.2, 0.25) is 0 Å². The van der Waals surface area contributed by atoms with Crippen molar-refractivity contribution < 1.29 is 27.8 Å². The van der Waals surface area contributed by atoms with Gasteiger partial charge >= 0.3 is 12.1 Å². The number of ether oxygens (including phenoxy) is 1. The zero-order valence-electron chi connectivity index (χ0n) is 8.52. The van der Waals surface area contributed by atoms with Crippen LogP contribution in [-0.4, -0.2) is 44.1 Å². The topological polar surface area (TPSA) is 58.6 Å². The van der Waals surface area contributed by atoms with Gasteiger partial charge in [-0.25, -0.2) is 4.79 Å². The molecule has 0 spiro atoms. The zero-order chi connectivity index (χ0) is 12.1. The molecule has 0 amide bonds. The molecule has 2 N–H and O–H groups in total. The normalized spacial score (nSPS) is 18.5. The quantitative estimate of drug-likeness (QED) is 0.737. The van der Waals surface area contributed by atoms with E-state index < -0.39 is 12.1 Å². The molecule has 1 saturated heterocycles. The molecule has 0 unspecified atom stereocenters. The fraction of sp³-hybridized carbons (Fsp3) is 0.875. The van der Waals surface area contributed by atoms with E-state index in [1.54, 1.807) is 7.11 Å². The monoisotopic (exact) mass is 229 g/mol. The van der Waals surface area contributed by atoms with Crippen LogP contribution in [0.15, 0.2) is 0 Å². The zero-order valence-corrected chi connectivity index (χ0v) is 8.52. The lowest BCUT2D eigenvalue weighted by Gasteiger charge is -2.38. The van der Waals surface area contributed by atoms with Crippen LogP contribution in [0.5, 0.6) is 0 Å². The Bertz CT molecular complexity index is 214. The average Bonchev–Trinajstić information content (AvgIpc) is 2.01. The van der Waals surface area contributed by atoms with Gasteiger partial charge in [-0.15, -0.1) is 0 Å². The van der Waals surface area contributed by atoms with E-state index in [4.69, 9.17) is 14.6 Å². The van der Waals surface area contributed by atoms with Gasteiger partial charge in [-0.2, -0.15) is 13.2 Å². The van der Waals surface area contributed by atoms with Crippen LogP contribution in [0.4, 0.5) is 13.2 Å². The summed E-state index contributed by atoms with van der Waals surface area (Å²) in [5.41, 5.74) is 0.439. The molecule has 0 aromatic heterocycles. The molecule has 15 heavy (non-hydrogen) atoms. The third-order valence-corrected chi connectivity index (χ3v) is 1.84. The van der Waals surface area contributed by atoms with E-state index in [1.165, 1.54) is 0 Å². The third-order valence-electron chi connectivity index (χ3n) is 1.84. The van der Waals surface area contributed by atoms with Crippen molar-refractivity contribution >= 4 is 5.97 Å². The summed E-state index contributed by atoms with van der Waals surface area (Å²) >= 11 is 0. The van der Waals surface area contributed by atoms with Crippen molar-refractivity contribution in [2.24, 2.45) is 5.41 Å². The molecule has 0 aliphatic carbocycles. The molecular formula is C8H14F3NO3. The second-order valence-electron chi connectivity index (χ2n) is 3.65. The molecule has 4 nitrogen and oxygen atoms in total. The highest BCUT2D eigenvalue weighted by Crippen LogP contribution is 2.20. The molecule has 0 atom stereocenters. The van der Waals surface area contributed by atoms with Gasteiger partial charge in [-0.05, 0) is 0 Å². The number of aliphatic carboxylic acids is 1. The number of halogens is 3. The number of alkyl halides is 3. The van der Waals surface area contributed by atoms with Crippen LogP contribution >= 0.6 is 0 Å². The van der Waals surface area contributed by atoms with E-state index in [9.17, 15) is 13.2 Å². The molecule has 1 rings (SSSR count). The summed E-state index contributed by atoms with van der Waals surface area (Å²) in [4.78, 5) is 8.90. The van der Waals surface area contributed by atoms with E-state index in [0.717, 1.165) is 19.7 Å². The molecule has 7 heteroatoms. The first-order valence-electron chi connectivity index (χ1n) is 4.21. The number of methoxy groups -OCH3 is 1. The van der Waals surface area contributed by atoms with Gasteiger partial charge in [-0.1, -0.05) is 6.92 Å². The smallest absolute Gasteiger partial charge is 0.475 e. The van der Waals surface area contributed by atoms with E-state index in [-0.39, 0.29) is 0 Å². The molecule has 0 saturated carbocycles. The fourth-order valence-corrected chi connectivity index (χ4v) is 1.00. The SMILES string of the molecule is COCC1(C)CNC1.O=C(O)C(F)(F)F. The highest BCUT2D eigenvalue weighted by atomic mass is 19.4. The summed E-state index contributed by atoms with van der Waals surface area (Å²) in [6.07, 6.45) is -5.08. The largest absolute Gasteiger partial charge is 0.490 e. The van der Waals surface area contributed by atoms with Gasteiger partial charge in [0.1, 0.15) is 0 Å². The van der Waals surface area contributed by atoms with Gasteiger partial charge in [0.15, 0.2) is 0 Å². The van der Waals surface area contributed by atoms with Crippen LogP contribution in [0.25, 0.3) is 0 Å². The van der Waals surface area contributed by atoms with Gasteiger partial charge in [-0.3, -0.25) is 0 Å². The molecule has 0 bridgehead atoms. The Labute approximate surface area is 85.4 Å². The van der Waals surface area contributed by atoms with Crippen LogP contribution in [0.1, 0.15) is 6.92 Å². The maximum Gasteiger partial charge on any atom is 0.490 e. The number of carboxylic acids is 1. The lowest BCUT2D eigenvalue weighted by atomic mass is 9.85. The van der Waals surface area contributed by atoms with Gasteiger partial charge in [0.2, 0.25) is 0 Å². The summed E-state index contributed by atoms with van der Waals surface area (Å²) in [6, 6.07) is 0. The van der Waals surface area contributed by atoms with Crippen molar-refractivity contribution in [2.45, 2.75) is 13.1 Å². The van der Waals surface area contributed by atoms with Crippen molar-refractivity contribution in [2.75, 3.05) is 26.8 Å². The fourth-order valence-electron chi connectivity index (χ4n) is 1.00. The Hall–Kier alpha value is -0.820. The van der Waals surface area contributed by atoms with Crippen molar-refractivity contribution in [3.05, 3.63) is 0 Å². The number of carbonyl (C=O) groups is 1. The van der Waals surface area contributed by atoms with Crippen LogP contribution in [0, 0.1) is 5.41 Å². The van der Waals surface area contributed by atoms with Gasteiger partial charge in [0.25, 0.3) is 0 Å². The lowest BCUT2D eigenvalue weighted by Crippen LogP contribution is -2.53. The minimum Gasteiger partial charge on any atom is -0.475 e. The van der Waals surface area contributed by atoms with Crippen molar-refractivity contribution in [1.82, 2.24) is 5.32 Å². The van der Waals surface area contributed by atoms with Crippen molar-refractivity contribution in [1.29, 1.82) is 0 Å². The van der Waals surface area contributed by atoms with Crippen molar-refractivity contribution in [3.63, 3.8) is 0 Å². The first-order valence-corrected chi connectivity index (χ1v) is 4.21. The summed E-state index contributed by atoms with van der Waals surface area (Å²) in [5.74, 6) is -2.76. The molecule has 0 radical (unpaired) electrons. The highest BCUT2D eigenvalue weighted by Gasteiger charge is 2.38. The Morgan fingerprint density at radius 2 is 1.93 bits per heavy atom. The molecule has 0 aromatic rings. The maximum atomic E-state index is 10.6. The minimum atomic E-state index is -5.08.